The van der Waals surface area contributed by atoms with Crippen LogP contribution in [0.25, 0.3) is 11.1 Å². The first-order valence-electron chi connectivity index (χ1n) is 10.6. The number of benzene rings is 3. The van der Waals surface area contributed by atoms with E-state index in [1.165, 1.54) is 12.1 Å². The van der Waals surface area contributed by atoms with Crippen molar-refractivity contribution in [1.29, 1.82) is 0 Å². The van der Waals surface area contributed by atoms with Crippen LogP contribution in [0.2, 0.25) is 10.0 Å². The van der Waals surface area contributed by atoms with Crippen molar-refractivity contribution in [2.45, 2.75) is 19.1 Å². The van der Waals surface area contributed by atoms with Crippen LogP contribution in [0.1, 0.15) is 21.5 Å². The molecule has 7 nitrogen and oxygen atoms in total. The van der Waals surface area contributed by atoms with Gasteiger partial charge in [-0.1, -0.05) is 53.5 Å². The average molecular weight is 518 g/mol. The van der Waals surface area contributed by atoms with Gasteiger partial charge in [0, 0.05) is 13.5 Å². The highest BCUT2D eigenvalue weighted by atomic mass is 35.5. The molecule has 0 aliphatic carbocycles. The molecule has 0 saturated heterocycles. The van der Waals surface area contributed by atoms with E-state index in [0.29, 0.717) is 23.7 Å². The highest BCUT2D eigenvalue weighted by molar-refractivity contribution is 6.39. The van der Waals surface area contributed by atoms with Gasteiger partial charge in [0.05, 0.1) is 42.0 Å². The number of ether oxygens (including phenoxy) is 3. The molecule has 3 aromatic carbocycles. The van der Waals surface area contributed by atoms with Crippen molar-refractivity contribution in [2.24, 2.45) is 0 Å². The number of nitrogens with one attached hydrogen (secondary N) is 1. The number of halogens is 2. The second-order valence-electron chi connectivity index (χ2n) is 7.67. The molecule has 0 bridgehead atoms. The first-order chi connectivity index (χ1) is 16.8. The maximum atomic E-state index is 12.7. The maximum absolute atomic E-state index is 12.7. The van der Waals surface area contributed by atoms with Crippen LogP contribution in [0.3, 0.4) is 0 Å². The van der Waals surface area contributed by atoms with E-state index in [2.05, 4.69) is 5.32 Å². The minimum Gasteiger partial charge on any atom is -0.496 e. The molecule has 0 saturated carbocycles. The first-order valence-corrected chi connectivity index (χ1v) is 11.4. The highest BCUT2D eigenvalue weighted by Crippen LogP contribution is 2.40. The molecule has 0 spiro atoms. The summed E-state index contributed by atoms with van der Waals surface area (Å²) in [5.41, 5.74) is 3.23. The third-order valence-electron chi connectivity index (χ3n) is 5.35. The third kappa shape index (κ3) is 6.25. The Morgan fingerprint density at radius 1 is 0.914 bits per heavy atom. The summed E-state index contributed by atoms with van der Waals surface area (Å²) in [4.78, 5) is 24.5. The van der Waals surface area contributed by atoms with Gasteiger partial charge in [0.2, 0.25) is 0 Å². The maximum Gasteiger partial charge on any atom is 0.326 e. The number of carbonyl (C=O) groups excluding carboxylic acids is 1. The summed E-state index contributed by atoms with van der Waals surface area (Å²) in [7, 11) is 4.77. The lowest BCUT2D eigenvalue weighted by atomic mass is 9.98. The second-order valence-corrected chi connectivity index (χ2v) is 8.48. The zero-order chi connectivity index (χ0) is 25.5. The van der Waals surface area contributed by atoms with Gasteiger partial charge in [-0.25, -0.2) is 4.79 Å². The Morgan fingerprint density at radius 3 is 1.97 bits per heavy atom. The van der Waals surface area contributed by atoms with Crippen molar-refractivity contribution < 1.29 is 28.9 Å². The van der Waals surface area contributed by atoms with E-state index in [1.54, 1.807) is 39.5 Å². The molecule has 2 N–H and O–H groups in total. The number of carboxylic acid groups (broad SMARTS) is 1. The van der Waals surface area contributed by atoms with Gasteiger partial charge in [0.1, 0.15) is 17.5 Å². The first kappa shape index (κ1) is 26.3. The summed E-state index contributed by atoms with van der Waals surface area (Å²) in [5, 5.41) is 12.5. The smallest absolute Gasteiger partial charge is 0.326 e. The van der Waals surface area contributed by atoms with Gasteiger partial charge in [0.15, 0.2) is 0 Å². The molecule has 1 amide bonds. The Hall–Kier alpha value is -3.26. The predicted octanol–water partition coefficient (Wildman–Crippen LogP) is 5.25. The van der Waals surface area contributed by atoms with Gasteiger partial charge >= 0.3 is 5.97 Å². The van der Waals surface area contributed by atoms with Crippen LogP contribution in [0.15, 0.2) is 54.6 Å². The standard InChI is InChI=1S/C26H25Cl2NO6/c1-33-14-16-12-21(34-2)23(22(13-16)35-3)17-9-7-15(8-10-17)11-20(26(31)32)29-25(30)24-18(27)5-4-6-19(24)28/h4-10,12-13,20H,11,14H2,1-3H3,(H,29,30)(H,31,32)/t20-/m0/s1. The number of methoxy groups -OCH3 is 3. The summed E-state index contributed by atoms with van der Waals surface area (Å²) in [6.07, 6.45) is 0.0600. The molecule has 3 aromatic rings. The normalized spacial score (nSPS) is 11.6. The number of hydrogen-bond donors (Lipinski definition) is 2. The third-order valence-corrected chi connectivity index (χ3v) is 5.98. The van der Waals surface area contributed by atoms with E-state index >= 15 is 0 Å². The van der Waals surface area contributed by atoms with Gasteiger partial charge in [-0.05, 0) is 41.0 Å². The van der Waals surface area contributed by atoms with Gasteiger partial charge in [-0.15, -0.1) is 0 Å². The number of aliphatic carboxylic acids is 1. The van der Waals surface area contributed by atoms with Crippen molar-refractivity contribution in [3.63, 3.8) is 0 Å². The zero-order valence-electron chi connectivity index (χ0n) is 19.4. The topological polar surface area (TPSA) is 94.1 Å². The molecule has 0 fully saturated rings. The Labute approximate surface area is 213 Å². The van der Waals surface area contributed by atoms with Crippen LogP contribution in [0.4, 0.5) is 0 Å². The summed E-state index contributed by atoms with van der Waals surface area (Å²) < 4.78 is 16.4. The van der Waals surface area contributed by atoms with Crippen LogP contribution in [0, 0.1) is 0 Å². The monoisotopic (exact) mass is 517 g/mol. The van der Waals surface area contributed by atoms with E-state index in [9.17, 15) is 14.7 Å². The fraction of sp³-hybridized carbons (Fsp3) is 0.231. The zero-order valence-corrected chi connectivity index (χ0v) is 20.9. The fourth-order valence-electron chi connectivity index (χ4n) is 3.69. The van der Waals surface area contributed by atoms with E-state index < -0.39 is 17.9 Å². The Balaban J connectivity index is 1.84. The molecule has 0 heterocycles. The second kappa shape index (κ2) is 11.9. The summed E-state index contributed by atoms with van der Waals surface area (Å²) in [6, 6.07) is 14.5. The number of amides is 1. The Kier molecular flexibility index (Phi) is 8.98. The molecule has 9 heteroatoms. The van der Waals surface area contributed by atoms with Crippen LogP contribution >= 0.6 is 23.2 Å². The average Bonchev–Trinajstić information content (AvgIpc) is 2.83. The van der Waals surface area contributed by atoms with Crippen molar-refractivity contribution in [1.82, 2.24) is 5.32 Å². The van der Waals surface area contributed by atoms with Gasteiger partial charge in [0.25, 0.3) is 5.91 Å². The lowest BCUT2D eigenvalue weighted by molar-refractivity contribution is -0.139. The SMILES string of the molecule is COCc1cc(OC)c(-c2ccc(C[C@H](NC(=O)c3c(Cl)cccc3Cl)C(=O)O)cc2)c(OC)c1. The molecule has 1 atom stereocenters. The number of hydrogen-bond acceptors (Lipinski definition) is 5. The van der Waals surface area contributed by atoms with E-state index in [0.717, 1.165) is 16.7 Å². The molecule has 184 valence electrons. The minimum atomic E-state index is -1.18. The molecule has 3 rings (SSSR count). The van der Waals surface area contributed by atoms with Crippen LogP contribution in [-0.4, -0.2) is 44.4 Å². The van der Waals surface area contributed by atoms with Crippen molar-refractivity contribution >= 4 is 35.1 Å². The predicted molar refractivity (Wildman–Crippen MR) is 135 cm³/mol. The van der Waals surface area contributed by atoms with Gasteiger partial charge in [-0.3, -0.25) is 4.79 Å². The van der Waals surface area contributed by atoms with Gasteiger partial charge < -0.3 is 24.6 Å². The summed E-state index contributed by atoms with van der Waals surface area (Å²) >= 11 is 12.2. The van der Waals surface area contributed by atoms with Crippen LogP contribution < -0.4 is 14.8 Å². The lowest BCUT2D eigenvalue weighted by Gasteiger charge is -2.17. The molecule has 0 unspecified atom stereocenters. The molecule has 0 aliphatic rings. The fourth-order valence-corrected chi connectivity index (χ4v) is 4.26. The van der Waals surface area contributed by atoms with E-state index in [4.69, 9.17) is 37.4 Å². The van der Waals surface area contributed by atoms with E-state index in [1.807, 2.05) is 24.3 Å². The molecule has 35 heavy (non-hydrogen) atoms. The number of rotatable bonds is 10. The summed E-state index contributed by atoms with van der Waals surface area (Å²) in [5.74, 6) is -0.592. The van der Waals surface area contributed by atoms with Crippen molar-refractivity contribution in [3.8, 4) is 22.6 Å². The number of carbonyl (C=O) groups is 2. The van der Waals surface area contributed by atoms with E-state index in [-0.39, 0.29) is 22.0 Å². The van der Waals surface area contributed by atoms with Crippen LogP contribution in [-0.2, 0) is 22.6 Å². The molecule has 0 aromatic heterocycles. The molecular weight excluding hydrogens is 493 g/mol. The van der Waals surface area contributed by atoms with Crippen molar-refractivity contribution in [3.05, 3.63) is 81.3 Å². The Morgan fingerprint density at radius 2 is 1.49 bits per heavy atom. The van der Waals surface area contributed by atoms with Crippen LogP contribution in [0.5, 0.6) is 11.5 Å². The summed E-state index contributed by atoms with van der Waals surface area (Å²) in [6.45, 7) is 0.410. The largest absolute Gasteiger partial charge is 0.496 e. The quantitative estimate of drug-likeness (QED) is 0.381. The molecule has 0 aliphatic heterocycles. The molecular formula is C26H25Cl2NO6. The lowest BCUT2D eigenvalue weighted by Crippen LogP contribution is -2.42. The Bertz CT molecular complexity index is 1170. The van der Waals surface area contributed by atoms with Crippen molar-refractivity contribution in [2.75, 3.05) is 21.3 Å². The number of carboxylic acids is 1. The molecule has 0 radical (unpaired) electrons. The minimum absolute atomic E-state index is 0.0357. The van der Waals surface area contributed by atoms with Gasteiger partial charge in [-0.2, -0.15) is 0 Å². The highest BCUT2D eigenvalue weighted by Gasteiger charge is 2.24.